The lowest BCUT2D eigenvalue weighted by Gasteiger charge is -2.26. The largest absolute Gasteiger partial charge is 0.469 e. The highest BCUT2D eigenvalue weighted by atomic mass is 16.6. The van der Waals surface area contributed by atoms with E-state index in [2.05, 4.69) is 80.6 Å². The molecular formula is C28H32N3O4+. The molecule has 0 unspecified atom stereocenters. The number of nitro benzene ring substituents is 1. The first-order valence-corrected chi connectivity index (χ1v) is 11.7. The van der Waals surface area contributed by atoms with E-state index in [1.54, 1.807) is 12.1 Å². The molecule has 0 N–H and O–H groups in total. The zero-order chi connectivity index (χ0) is 25.5. The minimum atomic E-state index is -0.480. The van der Waals surface area contributed by atoms with Crippen molar-refractivity contribution in [2.45, 2.75) is 44.9 Å². The molecular weight excluding hydrogens is 442 g/mol. The first-order valence-electron chi connectivity index (χ1n) is 11.7. The van der Waals surface area contributed by atoms with Crippen LogP contribution in [0.3, 0.4) is 0 Å². The summed E-state index contributed by atoms with van der Waals surface area (Å²) in [5.74, 6) is -0.296. The monoisotopic (exact) mass is 474 g/mol. The number of hydrogen-bond acceptors (Lipinski definition) is 5. The summed E-state index contributed by atoms with van der Waals surface area (Å²) in [5.41, 5.74) is 5.83. The third-order valence-corrected chi connectivity index (χ3v) is 7.30. The molecule has 0 aliphatic carbocycles. The van der Waals surface area contributed by atoms with E-state index in [4.69, 9.17) is 4.74 Å². The van der Waals surface area contributed by atoms with Gasteiger partial charge in [-0.15, -0.1) is 0 Å². The van der Waals surface area contributed by atoms with Gasteiger partial charge < -0.3 is 9.64 Å². The average molecular weight is 475 g/mol. The number of nitro groups is 1. The summed E-state index contributed by atoms with van der Waals surface area (Å²) < 4.78 is 7.07. The van der Waals surface area contributed by atoms with Gasteiger partial charge in [-0.3, -0.25) is 14.9 Å². The van der Waals surface area contributed by atoms with Gasteiger partial charge in [-0.05, 0) is 31.6 Å². The second kappa shape index (κ2) is 8.80. The molecule has 0 radical (unpaired) electrons. The summed E-state index contributed by atoms with van der Waals surface area (Å²) in [6, 6.07) is 13.4. The summed E-state index contributed by atoms with van der Waals surface area (Å²) in [7, 11) is 3.46. The minimum absolute atomic E-state index is 0.0594. The van der Waals surface area contributed by atoms with Gasteiger partial charge in [-0.1, -0.05) is 38.1 Å². The molecule has 182 valence electrons. The predicted octanol–water partition coefficient (Wildman–Crippen LogP) is 5.40. The number of nitrogens with zero attached hydrogens (tertiary/aromatic N) is 3. The highest BCUT2D eigenvalue weighted by molar-refractivity contribution is 6.03. The number of ether oxygens (including phenoxy) is 1. The average Bonchev–Trinajstić information content (AvgIpc) is 3.16. The summed E-state index contributed by atoms with van der Waals surface area (Å²) >= 11 is 0. The van der Waals surface area contributed by atoms with Gasteiger partial charge in [0.2, 0.25) is 5.69 Å². The maximum Gasteiger partial charge on any atom is 0.307 e. The Bertz CT molecular complexity index is 1300. The van der Waals surface area contributed by atoms with E-state index in [0.717, 1.165) is 16.9 Å². The van der Waals surface area contributed by atoms with Gasteiger partial charge in [0.1, 0.15) is 7.05 Å². The van der Waals surface area contributed by atoms with Gasteiger partial charge >= 0.3 is 5.97 Å². The van der Waals surface area contributed by atoms with E-state index in [1.165, 1.54) is 30.1 Å². The lowest BCUT2D eigenvalue weighted by atomic mass is 9.81. The number of allylic oxidation sites excluding steroid dienone is 4. The number of benzene rings is 2. The molecule has 0 saturated heterocycles. The van der Waals surface area contributed by atoms with E-state index in [1.807, 2.05) is 6.08 Å². The molecule has 0 fully saturated rings. The molecule has 0 amide bonds. The first-order chi connectivity index (χ1) is 16.5. The predicted molar refractivity (Wildman–Crippen MR) is 138 cm³/mol. The molecule has 0 aromatic heterocycles. The Morgan fingerprint density at radius 3 is 2.49 bits per heavy atom. The van der Waals surface area contributed by atoms with Gasteiger partial charge in [0.05, 0.1) is 23.9 Å². The van der Waals surface area contributed by atoms with Gasteiger partial charge in [0, 0.05) is 53.2 Å². The molecule has 7 heteroatoms. The van der Waals surface area contributed by atoms with Crippen LogP contribution in [0.5, 0.6) is 0 Å². The third kappa shape index (κ3) is 4.05. The molecule has 2 heterocycles. The quantitative estimate of drug-likeness (QED) is 0.242. The van der Waals surface area contributed by atoms with Crippen LogP contribution in [0.15, 0.2) is 66.4 Å². The van der Waals surface area contributed by atoms with E-state index in [-0.39, 0.29) is 28.4 Å². The number of carbonyl (C=O) groups is 1. The Morgan fingerprint density at radius 1 is 1.11 bits per heavy atom. The van der Waals surface area contributed by atoms with E-state index < -0.39 is 5.41 Å². The zero-order valence-corrected chi connectivity index (χ0v) is 21.2. The number of esters is 1. The molecule has 35 heavy (non-hydrogen) atoms. The van der Waals surface area contributed by atoms with Gasteiger partial charge in [0.15, 0.2) is 5.71 Å². The second-order valence-electron chi connectivity index (χ2n) is 10.1. The topological polar surface area (TPSA) is 75.7 Å². The second-order valence-corrected chi connectivity index (χ2v) is 10.1. The van der Waals surface area contributed by atoms with Gasteiger partial charge in [-0.2, -0.15) is 4.58 Å². The number of para-hydroxylation sites is 1. The molecule has 2 aromatic rings. The van der Waals surface area contributed by atoms with Crippen LogP contribution in [0.25, 0.3) is 0 Å². The van der Waals surface area contributed by atoms with Crippen molar-refractivity contribution in [1.82, 2.24) is 0 Å². The Labute approximate surface area is 206 Å². The minimum Gasteiger partial charge on any atom is -0.469 e. The SMILES string of the molecule is COC(=O)CCN1C(=CC=CC2=[N+](C)c3ccccc3C2(C)C)C(C)(C)c2cc([N+](=O)[O-])ccc21. The molecule has 7 nitrogen and oxygen atoms in total. The van der Waals surface area contributed by atoms with Crippen LogP contribution in [0.1, 0.15) is 45.2 Å². The maximum atomic E-state index is 11.9. The first kappa shape index (κ1) is 24.4. The molecule has 0 saturated carbocycles. The number of anilines is 1. The molecule has 2 aliphatic rings. The van der Waals surface area contributed by atoms with Crippen LogP contribution in [0, 0.1) is 10.1 Å². The van der Waals surface area contributed by atoms with Crippen molar-refractivity contribution < 1.29 is 19.0 Å². The van der Waals surface area contributed by atoms with Crippen molar-refractivity contribution in [2.75, 3.05) is 25.6 Å². The summed E-state index contributed by atoms with van der Waals surface area (Å²) in [6.45, 7) is 8.98. The maximum absolute atomic E-state index is 11.9. The number of rotatable bonds is 6. The molecule has 0 bridgehead atoms. The fraction of sp³-hybridized carbons (Fsp3) is 0.357. The van der Waals surface area contributed by atoms with Crippen LogP contribution >= 0.6 is 0 Å². The fourth-order valence-electron chi connectivity index (χ4n) is 5.36. The van der Waals surface area contributed by atoms with Crippen molar-refractivity contribution in [3.8, 4) is 0 Å². The molecule has 0 spiro atoms. The molecule has 2 aromatic carbocycles. The van der Waals surface area contributed by atoms with Crippen molar-refractivity contribution in [3.63, 3.8) is 0 Å². The zero-order valence-electron chi connectivity index (χ0n) is 21.2. The summed E-state index contributed by atoms with van der Waals surface area (Å²) in [5, 5.41) is 11.4. The van der Waals surface area contributed by atoms with Crippen LogP contribution in [-0.2, 0) is 20.4 Å². The molecule has 4 rings (SSSR count). The Kier molecular flexibility index (Phi) is 6.13. The Balaban J connectivity index is 1.74. The number of non-ortho nitro benzene ring substituents is 1. The van der Waals surface area contributed by atoms with Crippen LogP contribution < -0.4 is 4.90 Å². The number of carbonyl (C=O) groups excluding carboxylic acids is 1. The third-order valence-electron chi connectivity index (χ3n) is 7.30. The van der Waals surface area contributed by atoms with Crippen LogP contribution in [0.2, 0.25) is 0 Å². The normalized spacial score (nSPS) is 18.8. The fourth-order valence-corrected chi connectivity index (χ4v) is 5.36. The van der Waals surface area contributed by atoms with Gasteiger partial charge in [0.25, 0.3) is 5.69 Å². The van der Waals surface area contributed by atoms with Crippen molar-refractivity contribution in [2.24, 2.45) is 0 Å². The van der Waals surface area contributed by atoms with E-state index in [9.17, 15) is 14.9 Å². The van der Waals surface area contributed by atoms with E-state index >= 15 is 0 Å². The Morgan fingerprint density at radius 2 is 1.83 bits per heavy atom. The van der Waals surface area contributed by atoms with Crippen molar-refractivity contribution in [1.29, 1.82) is 0 Å². The smallest absolute Gasteiger partial charge is 0.307 e. The molecule has 2 aliphatic heterocycles. The van der Waals surface area contributed by atoms with Crippen LogP contribution in [0.4, 0.5) is 17.1 Å². The van der Waals surface area contributed by atoms with Crippen molar-refractivity contribution in [3.05, 3.63) is 87.6 Å². The lowest BCUT2D eigenvalue weighted by molar-refractivity contribution is -0.401. The number of fused-ring (bicyclic) bond motifs is 2. The summed E-state index contributed by atoms with van der Waals surface area (Å²) in [4.78, 5) is 25.0. The lowest BCUT2D eigenvalue weighted by Crippen LogP contribution is -2.28. The summed E-state index contributed by atoms with van der Waals surface area (Å²) in [6.07, 6.45) is 6.45. The molecule has 0 atom stereocenters. The highest BCUT2D eigenvalue weighted by Gasteiger charge is 2.43. The standard InChI is InChI=1S/C28H32N3O4/c1-27(2)20-10-7-8-11-22(20)29(5)24(27)12-9-13-25-28(3,4)21-18-19(31(33)34)14-15-23(21)30(25)17-16-26(32)35-6/h7-15,18H,16-17H2,1-6H3/q+1. The van der Waals surface area contributed by atoms with Crippen molar-refractivity contribution >= 4 is 28.7 Å². The van der Waals surface area contributed by atoms with E-state index in [0.29, 0.717) is 6.54 Å². The van der Waals surface area contributed by atoms with Crippen LogP contribution in [-0.4, -0.2) is 41.9 Å². The number of methoxy groups -OCH3 is 1. The Hall–Kier alpha value is -3.74. The highest BCUT2D eigenvalue weighted by Crippen LogP contribution is 2.49. The van der Waals surface area contributed by atoms with Gasteiger partial charge in [-0.25, -0.2) is 0 Å². The number of hydrogen-bond donors (Lipinski definition) is 0.